The predicted octanol–water partition coefficient (Wildman–Crippen LogP) is 0.911. The minimum Gasteiger partial charge on any atom is -0.374 e. The summed E-state index contributed by atoms with van der Waals surface area (Å²) in [6.07, 6.45) is 5.51. The van der Waals surface area contributed by atoms with Crippen molar-refractivity contribution < 1.29 is 9.53 Å². The first-order valence-corrected chi connectivity index (χ1v) is 9.02. The fraction of sp³-hybridized carbons (Fsp3) is 0.368. The third-order valence-corrected chi connectivity index (χ3v) is 4.70. The van der Waals surface area contributed by atoms with Crippen LogP contribution in [0.1, 0.15) is 6.42 Å². The quantitative estimate of drug-likeness (QED) is 0.685. The first-order valence-electron chi connectivity index (χ1n) is 9.02. The average Bonchev–Trinajstić information content (AvgIpc) is 3.07. The number of benzene rings is 1. The van der Waals surface area contributed by atoms with Gasteiger partial charge in [0.25, 0.3) is 5.56 Å². The van der Waals surface area contributed by atoms with Gasteiger partial charge in [-0.05, 0) is 24.6 Å². The number of nitrogens with zero attached hydrogens (tertiary/aromatic N) is 5. The highest BCUT2D eigenvalue weighted by Gasteiger charge is 2.23. The normalized spacial score (nSPS) is 17.8. The molecule has 0 saturated carbocycles. The summed E-state index contributed by atoms with van der Waals surface area (Å²) >= 11 is 0. The second kappa shape index (κ2) is 7.71. The molecule has 4 rings (SSSR count). The standard InChI is InChI=1S/C19H21N5O3/c25-18-11-20-16-5-1-2-6-17(16)24(18)14-19(26)22-8-4-10-27-15(12-22)13-23-9-3-7-21-23/h1-3,5-7,9,11,15H,4,8,10,12-14H2/t15-/m0/s1. The van der Waals surface area contributed by atoms with E-state index in [0.29, 0.717) is 37.3 Å². The van der Waals surface area contributed by atoms with Gasteiger partial charge >= 0.3 is 0 Å². The van der Waals surface area contributed by atoms with Gasteiger partial charge in [0.05, 0.1) is 29.9 Å². The molecular weight excluding hydrogens is 346 g/mol. The molecule has 0 bridgehead atoms. The zero-order valence-corrected chi connectivity index (χ0v) is 14.9. The minimum absolute atomic E-state index is 0.00361. The Morgan fingerprint density at radius 2 is 2.15 bits per heavy atom. The van der Waals surface area contributed by atoms with Gasteiger partial charge in [0.1, 0.15) is 6.54 Å². The molecule has 8 heteroatoms. The molecule has 1 atom stereocenters. The SMILES string of the molecule is O=C(Cn1c(=O)cnc2ccccc21)N1CCCO[C@H](Cn2cccn2)C1. The van der Waals surface area contributed by atoms with Crippen molar-refractivity contribution in [2.75, 3.05) is 19.7 Å². The van der Waals surface area contributed by atoms with E-state index in [9.17, 15) is 9.59 Å². The molecule has 3 heterocycles. The van der Waals surface area contributed by atoms with Gasteiger partial charge in [-0.3, -0.25) is 18.8 Å². The summed E-state index contributed by atoms with van der Waals surface area (Å²) in [4.78, 5) is 31.1. The average molecular weight is 367 g/mol. The number of carbonyl (C=O) groups excluding carboxylic acids is 1. The smallest absolute Gasteiger partial charge is 0.269 e. The Morgan fingerprint density at radius 1 is 1.26 bits per heavy atom. The predicted molar refractivity (Wildman–Crippen MR) is 99.2 cm³/mol. The molecule has 8 nitrogen and oxygen atoms in total. The van der Waals surface area contributed by atoms with E-state index in [0.717, 1.165) is 6.42 Å². The van der Waals surface area contributed by atoms with E-state index in [4.69, 9.17) is 4.74 Å². The number of aromatic nitrogens is 4. The Labute approximate surface area is 156 Å². The fourth-order valence-corrected chi connectivity index (χ4v) is 3.36. The lowest BCUT2D eigenvalue weighted by molar-refractivity contribution is -0.132. The lowest BCUT2D eigenvalue weighted by Gasteiger charge is -2.24. The Balaban J connectivity index is 1.52. The molecular formula is C19H21N5O3. The van der Waals surface area contributed by atoms with Crippen LogP contribution in [0.4, 0.5) is 0 Å². The van der Waals surface area contributed by atoms with Gasteiger partial charge in [-0.25, -0.2) is 4.98 Å². The maximum Gasteiger partial charge on any atom is 0.269 e. The van der Waals surface area contributed by atoms with Crippen LogP contribution in [0.2, 0.25) is 0 Å². The number of hydrogen-bond acceptors (Lipinski definition) is 5. The Bertz CT molecular complexity index is 982. The summed E-state index contributed by atoms with van der Waals surface area (Å²) in [7, 11) is 0. The zero-order chi connectivity index (χ0) is 18.6. The summed E-state index contributed by atoms with van der Waals surface area (Å²) in [6, 6.07) is 9.20. The molecule has 1 aromatic carbocycles. The number of amides is 1. The molecule has 140 valence electrons. The number of fused-ring (bicyclic) bond motifs is 1. The van der Waals surface area contributed by atoms with Crippen LogP contribution >= 0.6 is 0 Å². The van der Waals surface area contributed by atoms with Crippen LogP contribution in [0.5, 0.6) is 0 Å². The number of para-hydroxylation sites is 2. The molecule has 0 aliphatic carbocycles. The monoisotopic (exact) mass is 367 g/mol. The Hall–Kier alpha value is -3.00. The number of ether oxygens (including phenoxy) is 1. The molecule has 1 aliphatic rings. The van der Waals surface area contributed by atoms with E-state index in [1.807, 2.05) is 36.5 Å². The van der Waals surface area contributed by atoms with Crippen LogP contribution in [0.3, 0.4) is 0 Å². The zero-order valence-electron chi connectivity index (χ0n) is 14.9. The van der Waals surface area contributed by atoms with Gasteiger partial charge in [0, 0.05) is 32.1 Å². The van der Waals surface area contributed by atoms with E-state index in [1.54, 1.807) is 15.8 Å². The molecule has 27 heavy (non-hydrogen) atoms. The molecule has 0 spiro atoms. The van der Waals surface area contributed by atoms with E-state index in [2.05, 4.69) is 10.1 Å². The van der Waals surface area contributed by atoms with Crippen molar-refractivity contribution in [2.24, 2.45) is 0 Å². The van der Waals surface area contributed by atoms with Crippen LogP contribution < -0.4 is 5.56 Å². The second-order valence-electron chi connectivity index (χ2n) is 6.59. The number of carbonyl (C=O) groups is 1. The van der Waals surface area contributed by atoms with Gasteiger partial charge in [-0.2, -0.15) is 5.10 Å². The topological polar surface area (TPSA) is 82.3 Å². The van der Waals surface area contributed by atoms with Gasteiger partial charge in [0.2, 0.25) is 5.91 Å². The third-order valence-electron chi connectivity index (χ3n) is 4.70. The molecule has 0 unspecified atom stereocenters. The van der Waals surface area contributed by atoms with Crippen molar-refractivity contribution in [2.45, 2.75) is 25.6 Å². The highest BCUT2D eigenvalue weighted by Crippen LogP contribution is 2.11. The highest BCUT2D eigenvalue weighted by molar-refractivity contribution is 5.80. The van der Waals surface area contributed by atoms with E-state index in [1.165, 1.54) is 10.8 Å². The Kier molecular flexibility index (Phi) is 4.97. The first-order chi connectivity index (χ1) is 13.2. The summed E-state index contributed by atoms with van der Waals surface area (Å²) in [5, 5.41) is 4.21. The molecule has 0 radical (unpaired) electrons. The van der Waals surface area contributed by atoms with Crippen molar-refractivity contribution in [3.8, 4) is 0 Å². The minimum atomic E-state index is -0.277. The number of rotatable bonds is 4. The summed E-state index contributed by atoms with van der Waals surface area (Å²) in [5.41, 5.74) is 1.08. The van der Waals surface area contributed by atoms with Gasteiger partial charge in [0.15, 0.2) is 0 Å². The first kappa shape index (κ1) is 17.4. The summed E-state index contributed by atoms with van der Waals surface area (Å²) in [5.74, 6) is -0.0931. The maximum atomic E-state index is 12.9. The van der Waals surface area contributed by atoms with Gasteiger partial charge < -0.3 is 9.64 Å². The lowest BCUT2D eigenvalue weighted by atomic mass is 10.2. The van der Waals surface area contributed by atoms with Gasteiger partial charge in [-0.1, -0.05) is 12.1 Å². The second-order valence-corrected chi connectivity index (χ2v) is 6.59. The van der Waals surface area contributed by atoms with Crippen molar-refractivity contribution >= 4 is 16.9 Å². The highest BCUT2D eigenvalue weighted by atomic mass is 16.5. The largest absolute Gasteiger partial charge is 0.374 e. The molecule has 3 aromatic rings. The van der Waals surface area contributed by atoms with E-state index in [-0.39, 0.29) is 24.1 Å². The van der Waals surface area contributed by atoms with E-state index < -0.39 is 0 Å². The summed E-state index contributed by atoms with van der Waals surface area (Å²) < 4.78 is 9.16. The maximum absolute atomic E-state index is 12.9. The van der Waals surface area contributed by atoms with Crippen molar-refractivity contribution in [3.63, 3.8) is 0 Å². The van der Waals surface area contributed by atoms with Crippen LogP contribution in [0.15, 0.2) is 53.7 Å². The molecule has 1 amide bonds. The summed E-state index contributed by atoms with van der Waals surface area (Å²) in [6.45, 7) is 2.29. The number of hydrogen-bond donors (Lipinski definition) is 0. The molecule has 1 saturated heterocycles. The van der Waals surface area contributed by atoms with Crippen molar-refractivity contribution in [1.29, 1.82) is 0 Å². The molecule has 2 aromatic heterocycles. The molecule has 1 fully saturated rings. The molecule has 0 N–H and O–H groups in total. The van der Waals surface area contributed by atoms with Crippen LogP contribution in [0, 0.1) is 0 Å². The van der Waals surface area contributed by atoms with Crippen LogP contribution in [0.25, 0.3) is 11.0 Å². The third kappa shape index (κ3) is 3.90. The van der Waals surface area contributed by atoms with Crippen LogP contribution in [-0.2, 0) is 22.6 Å². The van der Waals surface area contributed by atoms with Crippen molar-refractivity contribution in [3.05, 3.63) is 59.3 Å². The van der Waals surface area contributed by atoms with Gasteiger partial charge in [-0.15, -0.1) is 0 Å². The Morgan fingerprint density at radius 3 is 3.00 bits per heavy atom. The molecule has 1 aliphatic heterocycles. The lowest BCUT2D eigenvalue weighted by Crippen LogP contribution is -2.41. The van der Waals surface area contributed by atoms with Crippen molar-refractivity contribution in [1.82, 2.24) is 24.2 Å². The van der Waals surface area contributed by atoms with E-state index >= 15 is 0 Å². The van der Waals surface area contributed by atoms with Crippen LogP contribution in [-0.4, -0.2) is 55.9 Å². The fourth-order valence-electron chi connectivity index (χ4n) is 3.36.